The predicted octanol–water partition coefficient (Wildman–Crippen LogP) is 2.23. The molecule has 0 aliphatic heterocycles. The number of benzene rings is 2. The van der Waals surface area contributed by atoms with E-state index in [0.717, 1.165) is 12.1 Å². The fourth-order valence-corrected chi connectivity index (χ4v) is 2.51. The lowest BCUT2D eigenvalue weighted by atomic mass is 10.0. The van der Waals surface area contributed by atoms with Crippen molar-refractivity contribution >= 4 is 17.5 Å². The molecule has 0 aliphatic carbocycles. The number of carbonyl (C=O) groups is 2. The summed E-state index contributed by atoms with van der Waals surface area (Å²) >= 11 is 0. The molecule has 0 radical (unpaired) electrons. The Labute approximate surface area is 144 Å². The number of anilines is 1. The lowest BCUT2D eigenvalue weighted by Crippen LogP contribution is -2.33. The zero-order valence-electron chi connectivity index (χ0n) is 13.9. The summed E-state index contributed by atoms with van der Waals surface area (Å²) in [4.78, 5) is 24.9. The second-order valence-electron chi connectivity index (χ2n) is 5.83. The third-order valence-corrected chi connectivity index (χ3v) is 3.64. The quantitative estimate of drug-likeness (QED) is 0.841. The van der Waals surface area contributed by atoms with Gasteiger partial charge in [-0.05, 0) is 43.9 Å². The molecule has 0 aromatic heterocycles. The first-order valence-corrected chi connectivity index (χ1v) is 7.58. The van der Waals surface area contributed by atoms with Crippen LogP contribution in [0.5, 0.6) is 0 Å². The minimum atomic E-state index is -1.13. The number of hydrogen-bond donors (Lipinski definition) is 2. The highest BCUT2D eigenvalue weighted by molar-refractivity contribution is 5.95. The molecule has 0 heterocycles. The maximum Gasteiger partial charge on any atom is 0.246 e. The molecule has 0 saturated carbocycles. The van der Waals surface area contributed by atoms with Gasteiger partial charge in [-0.25, -0.2) is 8.78 Å². The van der Waals surface area contributed by atoms with Crippen LogP contribution in [0.15, 0.2) is 42.5 Å². The number of halogens is 2. The van der Waals surface area contributed by atoms with Gasteiger partial charge in [-0.2, -0.15) is 0 Å². The number of nitrogens with zero attached hydrogens (tertiary/aromatic N) is 1. The van der Waals surface area contributed by atoms with E-state index in [1.54, 1.807) is 38.4 Å². The summed E-state index contributed by atoms with van der Waals surface area (Å²) in [6.45, 7) is 0. The van der Waals surface area contributed by atoms with Crippen LogP contribution in [0, 0.1) is 11.6 Å². The Bertz CT molecular complexity index is 756. The van der Waals surface area contributed by atoms with Crippen LogP contribution in [0.1, 0.15) is 17.2 Å². The molecule has 1 unspecified atom stereocenters. The number of nitrogens with one attached hydrogen (secondary N) is 1. The minimum absolute atomic E-state index is 0.0922. The van der Waals surface area contributed by atoms with E-state index in [1.807, 2.05) is 0 Å². The van der Waals surface area contributed by atoms with E-state index < -0.39 is 29.5 Å². The summed E-state index contributed by atoms with van der Waals surface area (Å²) in [6.07, 6.45) is 0.0922. The van der Waals surface area contributed by atoms with Crippen molar-refractivity contribution < 1.29 is 18.4 Å². The number of amides is 2. The fraction of sp³-hybridized carbons (Fsp3) is 0.222. The molecule has 1 atom stereocenters. The van der Waals surface area contributed by atoms with Crippen molar-refractivity contribution in [2.24, 2.45) is 5.73 Å². The van der Waals surface area contributed by atoms with Crippen molar-refractivity contribution in [2.45, 2.75) is 12.5 Å². The molecule has 2 rings (SSSR count). The van der Waals surface area contributed by atoms with Crippen LogP contribution in [0.25, 0.3) is 0 Å². The van der Waals surface area contributed by atoms with Gasteiger partial charge in [-0.15, -0.1) is 0 Å². The van der Waals surface area contributed by atoms with Gasteiger partial charge >= 0.3 is 0 Å². The van der Waals surface area contributed by atoms with Crippen LogP contribution in [0.2, 0.25) is 0 Å². The van der Waals surface area contributed by atoms with Gasteiger partial charge in [0.25, 0.3) is 0 Å². The van der Waals surface area contributed by atoms with Crippen molar-refractivity contribution in [1.82, 2.24) is 4.90 Å². The Balaban J connectivity index is 2.23. The van der Waals surface area contributed by atoms with E-state index >= 15 is 0 Å². The first-order chi connectivity index (χ1) is 11.8. The van der Waals surface area contributed by atoms with Crippen molar-refractivity contribution in [3.63, 3.8) is 0 Å². The molecule has 3 N–H and O–H groups in total. The maximum absolute atomic E-state index is 14.0. The Hall–Kier alpha value is -2.80. The summed E-state index contributed by atoms with van der Waals surface area (Å²) in [5.41, 5.74) is 5.96. The molecule has 0 bridgehead atoms. The zero-order valence-corrected chi connectivity index (χ0v) is 13.9. The number of carbonyl (C=O) groups excluding carboxylic acids is 2. The van der Waals surface area contributed by atoms with Crippen LogP contribution >= 0.6 is 0 Å². The van der Waals surface area contributed by atoms with E-state index in [-0.39, 0.29) is 12.0 Å². The highest BCUT2D eigenvalue weighted by atomic mass is 19.1. The topological polar surface area (TPSA) is 75.4 Å². The standard InChI is InChI=1S/C18H19F2N3O2/c1-23(2)17(16-13(19)4-3-5-14(16)20)18(25)22-12-8-6-11(7-9-12)10-15(21)24/h3-9,17H,10H2,1-2H3,(H2,21,24)(H,22,25). The first kappa shape index (κ1) is 18.5. The average molecular weight is 347 g/mol. The molecule has 0 fully saturated rings. The third-order valence-electron chi connectivity index (χ3n) is 3.64. The summed E-state index contributed by atoms with van der Waals surface area (Å²) in [7, 11) is 3.12. The molecule has 0 aliphatic rings. The molecule has 0 saturated heterocycles. The summed E-state index contributed by atoms with van der Waals surface area (Å²) in [6, 6.07) is 8.83. The molecular weight excluding hydrogens is 328 g/mol. The number of primary amides is 1. The lowest BCUT2D eigenvalue weighted by Gasteiger charge is -2.24. The lowest BCUT2D eigenvalue weighted by molar-refractivity contribution is -0.121. The van der Waals surface area contributed by atoms with Gasteiger partial charge in [0.2, 0.25) is 11.8 Å². The molecule has 0 spiro atoms. The molecule has 2 aromatic rings. The smallest absolute Gasteiger partial charge is 0.246 e. The molecule has 7 heteroatoms. The molecule has 5 nitrogen and oxygen atoms in total. The van der Waals surface area contributed by atoms with Gasteiger partial charge in [0.1, 0.15) is 17.7 Å². The van der Waals surface area contributed by atoms with Gasteiger partial charge < -0.3 is 11.1 Å². The Morgan fingerprint density at radius 1 is 1.08 bits per heavy atom. The SMILES string of the molecule is CN(C)C(C(=O)Nc1ccc(CC(N)=O)cc1)c1c(F)cccc1F. The van der Waals surface area contributed by atoms with E-state index in [9.17, 15) is 18.4 Å². The summed E-state index contributed by atoms with van der Waals surface area (Å²) in [5.74, 6) is -2.60. The highest BCUT2D eigenvalue weighted by Crippen LogP contribution is 2.26. The summed E-state index contributed by atoms with van der Waals surface area (Å²) in [5, 5.41) is 2.63. The average Bonchev–Trinajstić information content (AvgIpc) is 2.52. The largest absolute Gasteiger partial charge is 0.369 e. The van der Waals surface area contributed by atoms with Gasteiger partial charge in [0.15, 0.2) is 0 Å². The van der Waals surface area contributed by atoms with Gasteiger partial charge in [0.05, 0.1) is 12.0 Å². The zero-order chi connectivity index (χ0) is 18.6. The fourth-order valence-electron chi connectivity index (χ4n) is 2.51. The van der Waals surface area contributed by atoms with Gasteiger partial charge in [-0.3, -0.25) is 14.5 Å². The number of hydrogen-bond acceptors (Lipinski definition) is 3. The Morgan fingerprint density at radius 3 is 2.12 bits per heavy atom. The van der Waals surface area contributed by atoms with E-state index in [1.165, 1.54) is 11.0 Å². The number of nitrogens with two attached hydrogens (primary N) is 1. The Morgan fingerprint density at radius 2 is 1.64 bits per heavy atom. The normalized spacial score (nSPS) is 12.0. The minimum Gasteiger partial charge on any atom is -0.369 e. The number of rotatable bonds is 6. The van der Waals surface area contributed by atoms with Gasteiger partial charge in [0, 0.05) is 5.69 Å². The summed E-state index contributed by atoms with van der Waals surface area (Å²) < 4.78 is 28.1. The third kappa shape index (κ3) is 4.60. The first-order valence-electron chi connectivity index (χ1n) is 7.58. The maximum atomic E-state index is 14.0. The highest BCUT2D eigenvalue weighted by Gasteiger charge is 2.29. The second-order valence-corrected chi connectivity index (χ2v) is 5.83. The van der Waals surface area contributed by atoms with Crippen molar-refractivity contribution in [3.8, 4) is 0 Å². The van der Waals surface area contributed by atoms with Crippen molar-refractivity contribution in [3.05, 3.63) is 65.2 Å². The molecule has 132 valence electrons. The molecular formula is C18H19F2N3O2. The van der Waals surface area contributed by atoms with E-state index in [4.69, 9.17) is 5.73 Å². The number of likely N-dealkylation sites (N-methyl/N-ethyl adjacent to an activating group) is 1. The Kier molecular flexibility index (Phi) is 5.82. The second kappa shape index (κ2) is 7.85. The molecule has 2 amide bonds. The van der Waals surface area contributed by atoms with E-state index in [2.05, 4.69) is 5.32 Å². The van der Waals surface area contributed by atoms with Crippen LogP contribution in [-0.4, -0.2) is 30.8 Å². The van der Waals surface area contributed by atoms with Crippen molar-refractivity contribution in [2.75, 3.05) is 19.4 Å². The predicted molar refractivity (Wildman–Crippen MR) is 90.8 cm³/mol. The molecule has 25 heavy (non-hydrogen) atoms. The van der Waals surface area contributed by atoms with Crippen LogP contribution in [-0.2, 0) is 16.0 Å². The van der Waals surface area contributed by atoms with Crippen LogP contribution in [0.4, 0.5) is 14.5 Å². The van der Waals surface area contributed by atoms with Crippen LogP contribution in [0.3, 0.4) is 0 Å². The van der Waals surface area contributed by atoms with Crippen LogP contribution < -0.4 is 11.1 Å². The molecule has 2 aromatic carbocycles. The van der Waals surface area contributed by atoms with Gasteiger partial charge in [-0.1, -0.05) is 18.2 Å². The monoisotopic (exact) mass is 347 g/mol. The van der Waals surface area contributed by atoms with E-state index in [0.29, 0.717) is 11.3 Å². The van der Waals surface area contributed by atoms with Crippen molar-refractivity contribution in [1.29, 1.82) is 0 Å².